The standard InChI is InChI=1S/C15H23N3O/c1-11-10-14(12(2)18(11)13-4-5-13)15(19)17-8-6-16(3)7-9-17/h10,13H,4-9H2,1-3H3. The molecule has 0 spiro atoms. The molecule has 4 heteroatoms. The van der Waals surface area contributed by atoms with Gasteiger partial charge in [-0.15, -0.1) is 0 Å². The molecule has 3 rings (SSSR count). The van der Waals surface area contributed by atoms with Crippen molar-refractivity contribution in [2.24, 2.45) is 0 Å². The lowest BCUT2D eigenvalue weighted by molar-refractivity contribution is 0.0663. The number of piperazine rings is 1. The van der Waals surface area contributed by atoms with E-state index in [1.807, 2.05) is 4.90 Å². The van der Waals surface area contributed by atoms with Gasteiger partial charge in [0.15, 0.2) is 0 Å². The zero-order chi connectivity index (χ0) is 13.6. The second-order valence-corrected chi connectivity index (χ2v) is 5.98. The molecule has 0 unspecified atom stereocenters. The average molecular weight is 261 g/mol. The van der Waals surface area contributed by atoms with E-state index in [0.29, 0.717) is 6.04 Å². The fraction of sp³-hybridized carbons (Fsp3) is 0.667. The first-order valence-corrected chi connectivity index (χ1v) is 7.24. The molecule has 2 aliphatic rings. The van der Waals surface area contributed by atoms with E-state index in [2.05, 4.69) is 36.4 Å². The summed E-state index contributed by atoms with van der Waals surface area (Å²) >= 11 is 0. The van der Waals surface area contributed by atoms with Crippen molar-refractivity contribution in [1.82, 2.24) is 14.4 Å². The summed E-state index contributed by atoms with van der Waals surface area (Å²) in [5, 5.41) is 0. The Bertz CT molecular complexity index is 494. The fourth-order valence-electron chi connectivity index (χ4n) is 3.07. The number of amides is 1. The summed E-state index contributed by atoms with van der Waals surface area (Å²) in [5.74, 6) is 0.216. The number of carbonyl (C=O) groups is 1. The molecule has 0 N–H and O–H groups in total. The van der Waals surface area contributed by atoms with Crippen LogP contribution in [0.1, 0.15) is 40.6 Å². The van der Waals surface area contributed by atoms with Gasteiger partial charge in [-0.1, -0.05) is 0 Å². The first kappa shape index (κ1) is 12.7. The van der Waals surface area contributed by atoms with Crippen LogP contribution in [-0.4, -0.2) is 53.5 Å². The number of carbonyl (C=O) groups excluding carboxylic acids is 1. The van der Waals surface area contributed by atoms with Gasteiger partial charge in [0, 0.05) is 43.6 Å². The molecule has 19 heavy (non-hydrogen) atoms. The van der Waals surface area contributed by atoms with Crippen molar-refractivity contribution >= 4 is 5.91 Å². The van der Waals surface area contributed by atoms with Crippen molar-refractivity contribution in [2.45, 2.75) is 32.7 Å². The molecule has 1 aromatic heterocycles. The van der Waals surface area contributed by atoms with E-state index >= 15 is 0 Å². The van der Waals surface area contributed by atoms with Gasteiger partial charge < -0.3 is 14.4 Å². The molecule has 2 heterocycles. The van der Waals surface area contributed by atoms with Gasteiger partial charge in [0.25, 0.3) is 5.91 Å². The molecule has 1 saturated carbocycles. The Labute approximate surface area is 115 Å². The lowest BCUT2D eigenvalue weighted by Crippen LogP contribution is -2.47. The van der Waals surface area contributed by atoms with Crippen molar-refractivity contribution in [2.75, 3.05) is 33.2 Å². The lowest BCUT2D eigenvalue weighted by atomic mass is 10.2. The van der Waals surface area contributed by atoms with Gasteiger partial charge in [0.05, 0.1) is 5.56 Å². The molecule has 0 aromatic carbocycles. The third-order valence-corrected chi connectivity index (χ3v) is 4.42. The normalized spacial score (nSPS) is 20.9. The molecule has 1 aliphatic carbocycles. The predicted octanol–water partition coefficient (Wildman–Crippen LogP) is 1.83. The quantitative estimate of drug-likeness (QED) is 0.812. The first-order chi connectivity index (χ1) is 9.08. The summed E-state index contributed by atoms with van der Waals surface area (Å²) in [5.41, 5.74) is 3.30. The molecule has 1 saturated heterocycles. The second kappa shape index (κ2) is 4.67. The predicted molar refractivity (Wildman–Crippen MR) is 75.6 cm³/mol. The van der Waals surface area contributed by atoms with Gasteiger partial charge in [-0.3, -0.25) is 4.79 Å². The van der Waals surface area contributed by atoms with Crippen LogP contribution in [0.5, 0.6) is 0 Å². The lowest BCUT2D eigenvalue weighted by Gasteiger charge is -2.32. The number of rotatable bonds is 2. The fourth-order valence-corrected chi connectivity index (χ4v) is 3.07. The van der Waals surface area contributed by atoms with Crippen molar-refractivity contribution in [1.29, 1.82) is 0 Å². The number of likely N-dealkylation sites (N-methyl/N-ethyl adjacent to an activating group) is 1. The SMILES string of the molecule is Cc1cc(C(=O)N2CCN(C)CC2)c(C)n1C1CC1. The molecule has 2 fully saturated rings. The Morgan fingerprint density at radius 2 is 1.79 bits per heavy atom. The van der Waals surface area contributed by atoms with Crippen molar-refractivity contribution in [3.63, 3.8) is 0 Å². The van der Waals surface area contributed by atoms with Crippen LogP contribution in [0.15, 0.2) is 6.07 Å². The highest BCUT2D eigenvalue weighted by molar-refractivity contribution is 5.95. The summed E-state index contributed by atoms with van der Waals surface area (Å²) in [4.78, 5) is 16.9. The summed E-state index contributed by atoms with van der Waals surface area (Å²) in [6.45, 7) is 7.87. The third-order valence-electron chi connectivity index (χ3n) is 4.42. The van der Waals surface area contributed by atoms with Gasteiger partial charge in [0.2, 0.25) is 0 Å². The number of hydrogen-bond donors (Lipinski definition) is 0. The molecule has 1 aromatic rings. The Morgan fingerprint density at radius 1 is 1.16 bits per heavy atom. The average Bonchev–Trinajstić information content (AvgIpc) is 3.16. The van der Waals surface area contributed by atoms with E-state index in [9.17, 15) is 4.79 Å². The molecule has 1 amide bonds. The minimum absolute atomic E-state index is 0.216. The maximum Gasteiger partial charge on any atom is 0.255 e. The van der Waals surface area contributed by atoms with E-state index in [4.69, 9.17) is 0 Å². The Morgan fingerprint density at radius 3 is 2.37 bits per heavy atom. The summed E-state index contributed by atoms with van der Waals surface area (Å²) in [7, 11) is 2.11. The van der Waals surface area contributed by atoms with Crippen LogP contribution in [0.2, 0.25) is 0 Å². The van der Waals surface area contributed by atoms with Gasteiger partial charge >= 0.3 is 0 Å². The van der Waals surface area contributed by atoms with E-state index < -0.39 is 0 Å². The van der Waals surface area contributed by atoms with Crippen LogP contribution in [0.4, 0.5) is 0 Å². The highest BCUT2D eigenvalue weighted by Crippen LogP contribution is 2.38. The molecule has 0 atom stereocenters. The minimum atomic E-state index is 0.216. The van der Waals surface area contributed by atoms with E-state index in [1.54, 1.807) is 0 Å². The molecular formula is C15H23N3O. The van der Waals surface area contributed by atoms with Crippen LogP contribution in [0.3, 0.4) is 0 Å². The van der Waals surface area contributed by atoms with Gasteiger partial charge in [-0.2, -0.15) is 0 Å². The topological polar surface area (TPSA) is 28.5 Å². The van der Waals surface area contributed by atoms with Gasteiger partial charge in [0.1, 0.15) is 0 Å². The zero-order valence-electron chi connectivity index (χ0n) is 12.1. The third kappa shape index (κ3) is 2.29. The smallest absolute Gasteiger partial charge is 0.255 e. The Kier molecular flexibility index (Phi) is 3.13. The molecule has 1 aliphatic heterocycles. The monoisotopic (exact) mass is 261 g/mol. The molecular weight excluding hydrogens is 238 g/mol. The van der Waals surface area contributed by atoms with Crippen LogP contribution in [0.25, 0.3) is 0 Å². The highest BCUT2D eigenvalue weighted by Gasteiger charge is 2.30. The van der Waals surface area contributed by atoms with Gasteiger partial charge in [-0.05, 0) is 39.8 Å². The van der Waals surface area contributed by atoms with Crippen LogP contribution < -0.4 is 0 Å². The Hall–Kier alpha value is -1.29. The maximum absolute atomic E-state index is 12.6. The van der Waals surface area contributed by atoms with E-state index in [0.717, 1.165) is 37.4 Å². The number of nitrogens with zero attached hydrogens (tertiary/aromatic N) is 3. The number of aromatic nitrogens is 1. The minimum Gasteiger partial charge on any atom is -0.345 e. The van der Waals surface area contributed by atoms with Gasteiger partial charge in [-0.25, -0.2) is 0 Å². The van der Waals surface area contributed by atoms with E-state index in [-0.39, 0.29) is 5.91 Å². The largest absolute Gasteiger partial charge is 0.345 e. The second-order valence-electron chi connectivity index (χ2n) is 5.98. The molecule has 0 bridgehead atoms. The van der Waals surface area contributed by atoms with Crippen molar-refractivity contribution in [3.05, 3.63) is 23.0 Å². The highest BCUT2D eigenvalue weighted by atomic mass is 16.2. The number of aryl methyl sites for hydroxylation is 1. The van der Waals surface area contributed by atoms with E-state index in [1.165, 1.54) is 18.5 Å². The van der Waals surface area contributed by atoms with Crippen LogP contribution in [-0.2, 0) is 0 Å². The molecule has 4 nitrogen and oxygen atoms in total. The van der Waals surface area contributed by atoms with Crippen LogP contribution >= 0.6 is 0 Å². The summed E-state index contributed by atoms with van der Waals surface area (Å²) < 4.78 is 2.35. The van der Waals surface area contributed by atoms with Crippen LogP contribution in [0, 0.1) is 13.8 Å². The number of hydrogen-bond acceptors (Lipinski definition) is 2. The maximum atomic E-state index is 12.6. The molecule has 0 radical (unpaired) electrons. The first-order valence-electron chi connectivity index (χ1n) is 7.24. The van der Waals surface area contributed by atoms with Crippen molar-refractivity contribution in [3.8, 4) is 0 Å². The van der Waals surface area contributed by atoms with Crippen molar-refractivity contribution < 1.29 is 4.79 Å². The zero-order valence-corrected chi connectivity index (χ0v) is 12.1. The summed E-state index contributed by atoms with van der Waals surface area (Å²) in [6.07, 6.45) is 2.52. The summed E-state index contributed by atoms with van der Waals surface area (Å²) in [6, 6.07) is 2.72. The Balaban J connectivity index is 1.82. The molecule has 104 valence electrons.